The summed E-state index contributed by atoms with van der Waals surface area (Å²) in [5.41, 5.74) is 11.4. The van der Waals surface area contributed by atoms with Gasteiger partial charge in [-0.25, -0.2) is 0 Å². The lowest BCUT2D eigenvalue weighted by Gasteiger charge is -2.09. The summed E-state index contributed by atoms with van der Waals surface area (Å²) in [6.07, 6.45) is 5.28. The molecule has 1 amide bonds. The highest BCUT2D eigenvalue weighted by molar-refractivity contribution is 7.18. The number of carbonyl (C=O) groups is 1. The SMILES string of the molecule is NC(=O)c1sc(NCC2CCCC2)cc1N. The third-order valence-electron chi connectivity index (χ3n) is 3.02. The van der Waals surface area contributed by atoms with Gasteiger partial charge in [-0.2, -0.15) is 0 Å². The number of hydrogen-bond acceptors (Lipinski definition) is 4. The van der Waals surface area contributed by atoms with Crippen LogP contribution in [0.1, 0.15) is 35.4 Å². The standard InChI is InChI=1S/C11H17N3OS/c12-8-5-9(16-10(8)11(13)15)14-6-7-3-1-2-4-7/h5,7,14H,1-4,6,12H2,(H2,13,15). The molecule has 16 heavy (non-hydrogen) atoms. The molecular weight excluding hydrogens is 222 g/mol. The average Bonchev–Trinajstić information content (AvgIpc) is 2.83. The van der Waals surface area contributed by atoms with E-state index in [1.807, 2.05) is 0 Å². The number of thiophene rings is 1. The molecule has 0 radical (unpaired) electrons. The molecule has 1 saturated carbocycles. The second kappa shape index (κ2) is 4.74. The number of nitrogens with two attached hydrogens (primary N) is 2. The molecule has 1 aromatic heterocycles. The topological polar surface area (TPSA) is 81.1 Å². The molecule has 88 valence electrons. The highest BCUT2D eigenvalue weighted by atomic mass is 32.1. The predicted octanol–water partition coefficient (Wildman–Crippen LogP) is 2.03. The Balaban J connectivity index is 1.94. The lowest BCUT2D eigenvalue weighted by Crippen LogP contribution is -2.10. The molecule has 0 atom stereocenters. The van der Waals surface area contributed by atoms with Gasteiger partial charge >= 0.3 is 0 Å². The van der Waals surface area contributed by atoms with Crippen molar-refractivity contribution in [2.45, 2.75) is 25.7 Å². The van der Waals surface area contributed by atoms with E-state index in [9.17, 15) is 4.79 Å². The number of nitrogen functional groups attached to an aromatic ring is 1. The van der Waals surface area contributed by atoms with Gasteiger partial charge in [-0.05, 0) is 24.8 Å². The highest BCUT2D eigenvalue weighted by Crippen LogP contribution is 2.30. The van der Waals surface area contributed by atoms with E-state index in [2.05, 4.69) is 5.32 Å². The van der Waals surface area contributed by atoms with E-state index in [1.54, 1.807) is 6.07 Å². The van der Waals surface area contributed by atoms with Crippen LogP contribution in [0.25, 0.3) is 0 Å². The minimum atomic E-state index is -0.448. The summed E-state index contributed by atoms with van der Waals surface area (Å²) >= 11 is 1.34. The number of primary amides is 1. The maximum Gasteiger partial charge on any atom is 0.260 e. The fourth-order valence-corrected chi connectivity index (χ4v) is 2.98. The Labute approximate surface area is 99.0 Å². The van der Waals surface area contributed by atoms with Gasteiger partial charge in [-0.1, -0.05) is 12.8 Å². The number of carbonyl (C=O) groups excluding carboxylic acids is 1. The molecule has 0 aliphatic heterocycles. The summed E-state index contributed by atoms with van der Waals surface area (Å²) in [7, 11) is 0. The highest BCUT2D eigenvalue weighted by Gasteiger charge is 2.16. The zero-order valence-electron chi connectivity index (χ0n) is 9.16. The van der Waals surface area contributed by atoms with Crippen LogP contribution in [0.2, 0.25) is 0 Å². The maximum absolute atomic E-state index is 11.0. The maximum atomic E-state index is 11.0. The van der Waals surface area contributed by atoms with Crippen molar-refractivity contribution in [2.75, 3.05) is 17.6 Å². The van der Waals surface area contributed by atoms with Crippen LogP contribution < -0.4 is 16.8 Å². The lowest BCUT2D eigenvalue weighted by atomic mass is 10.1. The van der Waals surface area contributed by atoms with E-state index in [1.165, 1.54) is 37.0 Å². The van der Waals surface area contributed by atoms with Gasteiger partial charge in [-0.3, -0.25) is 4.79 Å². The Hall–Kier alpha value is -1.23. The molecule has 0 spiro atoms. The van der Waals surface area contributed by atoms with Crippen molar-refractivity contribution in [3.05, 3.63) is 10.9 Å². The van der Waals surface area contributed by atoms with Gasteiger partial charge in [-0.15, -0.1) is 11.3 Å². The first-order chi connectivity index (χ1) is 7.66. The quantitative estimate of drug-likeness (QED) is 0.752. The van der Waals surface area contributed by atoms with Gasteiger partial charge in [0.15, 0.2) is 0 Å². The lowest BCUT2D eigenvalue weighted by molar-refractivity contribution is 0.100. The molecule has 0 bridgehead atoms. The second-order valence-electron chi connectivity index (χ2n) is 4.29. The van der Waals surface area contributed by atoms with Gasteiger partial charge < -0.3 is 16.8 Å². The molecule has 1 aliphatic rings. The van der Waals surface area contributed by atoms with Gasteiger partial charge in [0, 0.05) is 6.54 Å². The molecule has 4 nitrogen and oxygen atoms in total. The van der Waals surface area contributed by atoms with Crippen molar-refractivity contribution in [2.24, 2.45) is 11.7 Å². The summed E-state index contributed by atoms with van der Waals surface area (Å²) in [5.74, 6) is 0.316. The predicted molar refractivity (Wildman–Crippen MR) is 67.7 cm³/mol. The van der Waals surface area contributed by atoms with Crippen LogP contribution in [0.4, 0.5) is 10.7 Å². The molecule has 0 unspecified atom stereocenters. The zero-order valence-corrected chi connectivity index (χ0v) is 9.98. The minimum Gasteiger partial charge on any atom is -0.397 e. The van der Waals surface area contributed by atoms with Crippen molar-refractivity contribution in [1.29, 1.82) is 0 Å². The molecule has 0 saturated heterocycles. The van der Waals surface area contributed by atoms with Gasteiger partial charge in [0.2, 0.25) is 0 Å². The third-order valence-corrected chi connectivity index (χ3v) is 4.15. The molecule has 1 fully saturated rings. The fourth-order valence-electron chi connectivity index (χ4n) is 2.14. The first kappa shape index (κ1) is 11.3. The average molecular weight is 239 g/mol. The number of anilines is 2. The molecule has 0 aromatic carbocycles. The largest absolute Gasteiger partial charge is 0.397 e. The zero-order chi connectivity index (χ0) is 11.5. The van der Waals surface area contributed by atoms with Crippen LogP contribution in [-0.4, -0.2) is 12.5 Å². The normalized spacial score (nSPS) is 16.5. The Morgan fingerprint density at radius 3 is 2.75 bits per heavy atom. The van der Waals surface area contributed by atoms with Crippen LogP contribution in [0.5, 0.6) is 0 Å². The number of amides is 1. The van der Waals surface area contributed by atoms with Crippen LogP contribution in [0, 0.1) is 5.92 Å². The Bertz CT molecular complexity index is 383. The van der Waals surface area contributed by atoms with Crippen LogP contribution in [-0.2, 0) is 0 Å². The first-order valence-corrected chi connectivity index (χ1v) is 6.41. The molecule has 2 rings (SSSR count). The number of rotatable bonds is 4. The molecule has 5 heteroatoms. The van der Waals surface area contributed by atoms with Crippen molar-refractivity contribution in [3.63, 3.8) is 0 Å². The summed E-state index contributed by atoms with van der Waals surface area (Å²) in [6.45, 7) is 0.970. The fraction of sp³-hybridized carbons (Fsp3) is 0.545. The monoisotopic (exact) mass is 239 g/mol. The Morgan fingerprint density at radius 2 is 2.19 bits per heavy atom. The van der Waals surface area contributed by atoms with E-state index < -0.39 is 5.91 Å². The van der Waals surface area contributed by atoms with Gasteiger partial charge in [0.05, 0.1) is 10.7 Å². The van der Waals surface area contributed by atoms with Crippen molar-refractivity contribution in [3.8, 4) is 0 Å². The van der Waals surface area contributed by atoms with Gasteiger partial charge in [0.1, 0.15) is 4.88 Å². The number of hydrogen-bond donors (Lipinski definition) is 3. The van der Waals surface area contributed by atoms with Crippen molar-refractivity contribution < 1.29 is 4.79 Å². The molecule has 1 aliphatic carbocycles. The van der Waals surface area contributed by atoms with Crippen LogP contribution in [0.3, 0.4) is 0 Å². The third kappa shape index (κ3) is 2.47. The van der Waals surface area contributed by atoms with E-state index >= 15 is 0 Å². The molecule has 5 N–H and O–H groups in total. The number of nitrogens with one attached hydrogen (secondary N) is 1. The van der Waals surface area contributed by atoms with Crippen molar-refractivity contribution >= 4 is 27.9 Å². The summed E-state index contributed by atoms with van der Waals surface area (Å²) in [6, 6.07) is 1.79. The molecule has 1 heterocycles. The van der Waals surface area contributed by atoms with Crippen molar-refractivity contribution in [1.82, 2.24) is 0 Å². The second-order valence-corrected chi connectivity index (χ2v) is 5.34. The van der Waals surface area contributed by atoms with E-state index in [0.29, 0.717) is 10.6 Å². The van der Waals surface area contributed by atoms with Crippen LogP contribution in [0.15, 0.2) is 6.07 Å². The van der Waals surface area contributed by atoms with Gasteiger partial charge in [0.25, 0.3) is 5.91 Å². The molecular formula is C11H17N3OS. The van der Waals surface area contributed by atoms with E-state index in [0.717, 1.165) is 17.5 Å². The smallest absolute Gasteiger partial charge is 0.260 e. The summed E-state index contributed by atoms with van der Waals surface area (Å²) in [4.78, 5) is 11.5. The first-order valence-electron chi connectivity index (χ1n) is 5.60. The van der Waals surface area contributed by atoms with E-state index in [-0.39, 0.29) is 0 Å². The minimum absolute atomic E-state index is 0.448. The Kier molecular flexibility index (Phi) is 3.33. The Morgan fingerprint density at radius 1 is 1.50 bits per heavy atom. The van der Waals surface area contributed by atoms with E-state index in [4.69, 9.17) is 11.5 Å². The molecule has 1 aromatic rings. The summed E-state index contributed by atoms with van der Waals surface area (Å²) < 4.78 is 0. The summed E-state index contributed by atoms with van der Waals surface area (Å²) in [5, 5.41) is 4.28. The van der Waals surface area contributed by atoms with Crippen LogP contribution >= 0.6 is 11.3 Å².